The molecular formula is C16H14N2O5. The third-order valence-corrected chi connectivity index (χ3v) is 3.56. The van der Waals surface area contributed by atoms with Gasteiger partial charge in [0.05, 0.1) is 16.2 Å². The van der Waals surface area contributed by atoms with Crippen molar-refractivity contribution in [2.75, 3.05) is 11.9 Å². The first-order valence-electron chi connectivity index (χ1n) is 6.99. The topological polar surface area (TPSA) is 90.7 Å². The van der Waals surface area contributed by atoms with Gasteiger partial charge in [-0.15, -0.1) is 0 Å². The summed E-state index contributed by atoms with van der Waals surface area (Å²) in [5, 5.41) is 13.6. The van der Waals surface area contributed by atoms with Gasteiger partial charge in [-0.25, -0.2) is 0 Å². The van der Waals surface area contributed by atoms with Crippen LogP contribution in [0.15, 0.2) is 42.5 Å². The van der Waals surface area contributed by atoms with Crippen LogP contribution in [0.3, 0.4) is 0 Å². The van der Waals surface area contributed by atoms with E-state index < -0.39 is 16.9 Å². The summed E-state index contributed by atoms with van der Waals surface area (Å²) >= 11 is 0. The molecule has 23 heavy (non-hydrogen) atoms. The molecule has 1 atom stereocenters. The summed E-state index contributed by atoms with van der Waals surface area (Å²) in [4.78, 5) is 22.8. The molecule has 2 aromatic rings. The Hall–Kier alpha value is -3.09. The van der Waals surface area contributed by atoms with Crippen LogP contribution in [0.4, 0.5) is 11.4 Å². The number of hydrogen-bond donors (Lipinski definition) is 1. The highest BCUT2D eigenvalue weighted by Gasteiger charge is 2.28. The van der Waals surface area contributed by atoms with Gasteiger partial charge >= 0.3 is 0 Å². The smallest absolute Gasteiger partial charge is 0.274 e. The zero-order chi connectivity index (χ0) is 16.4. The minimum atomic E-state index is -0.816. The van der Waals surface area contributed by atoms with Gasteiger partial charge in [0.1, 0.15) is 6.61 Å². The lowest BCUT2D eigenvalue weighted by molar-refractivity contribution is -0.385. The number of nitrogens with one attached hydrogen (secondary N) is 1. The van der Waals surface area contributed by atoms with Crippen LogP contribution in [0.2, 0.25) is 0 Å². The fraction of sp³-hybridized carbons (Fsp3) is 0.188. The first-order valence-corrected chi connectivity index (χ1v) is 6.99. The minimum Gasteiger partial charge on any atom is -0.485 e. The number of carbonyl (C=O) groups excluding carboxylic acids is 1. The molecule has 1 aliphatic rings. The van der Waals surface area contributed by atoms with E-state index in [4.69, 9.17) is 9.47 Å². The molecule has 1 amide bonds. The highest BCUT2D eigenvalue weighted by Crippen LogP contribution is 2.31. The number of ether oxygens (including phenoxy) is 2. The molecule has 0 saturated heterocycles. The molecule has 1 N–H and O–H groups in total. The number of amides is 1. The molecule has 118 valence electrons. The van der Waals surface area contributed by atoms with Crippen LogP contribution >= 0.6 is 0 Å². The monoisotopic (exact) mass is 314 g/mol. The number of carbonyl (C=O) groups is 1. The molecule has 1 aliphatic heterocycles. The van der Waals surface area contributed by atoms with Gasteiger partial charge < -0.3 is 14.8 Å². The summed E-state index contributed by atoms with van der Waals surface area (Å²) in [7, 11) is 0. The average molecular weight is 314 g/mol. The van der Waals surface area contributed by atoms with Crippen molar-refractivity contribution in [3.63, 3.8) is 0 Å². The van der Waals surface area contributed by atoms with Crippen LogP contribution in [0.5, 0.6) is 11.5 Å². The van der Waals surface area contributed by atoms with E-state index in [-0.39, 0.29) is 12.3 Å². The maximum atomic E-state index is 12.3. The lowest BCUT2D eigenvalue weighted by Crippen LogP contribution is -2.40. The molecule has 0 bridgehead atoms. The quantitative estimate of drug-likeness (QED) is 0.695. The number of nitrogens with zero attached hydrogens (tertiary/aromatic N) is 1. The molecule has 0 aliphatic carbocycles. The van der Waals surface area contributed by atoms with Crippen molar-refractivity contribution in [2.24, 2.45) is 0 Å². The van der Waals surface area contributed by atoms with Gasteiger partial charge in [-0.3, -0.25) is 14.9 Å². The highest BCUT2D eigenvalue weighted by atomic mass is 16.6. The standard InChI is InChI=1S/C16H14N2O5/c1-10-11(5-4-6-12(10)18(20)21)17-16(19)15-9-22-13-7-2-3-8-14(13)23-15/h2-8,15H,9H2,1H3,(H,17,19)/t15-/m1/s1. The first-order chi connectivity index (χ1) is 11.1. The molecule has 0 saturated carbocycles. The van der Waals surface area contributed by atoms with Gasteiger partial charge in [0.25, 0.3) is 11.6 Å². The molecule has 3 rings (SSSR count). The summed E-state index contributed by atoms with van der Waals surface area (Å²) in [5.41, 5.74) is 0.726. The summed E-state index contributed by atoms with van der Waals surface area (Å²) < 4.78 is 11.1. The Morgan fingerprint density at radius 1 is 1.22 bits per heavy atom. The van der Waals surface area contributed by atoms with Crippen molar-refractivity contribution in [1.82, 2.24) is 0 Å². The van der Waals surface area contributed by atoms with Crippen molar-refractivity contribution in [3.05, 3.63) is 58.1 Å². The molecule has 1 heterocycles. The van der Waals surface area contributed by atoms with E-state index in [0.29, 0.717) is 22.7 Å². The van der Waals surface area contributed by atoms with Crippen molar-refractivity contribution < 1.29 is 19.2 Å². The number of benzene rings is 2. The third-order valence-electron chi connectivity index (χ3n) is 3.56. The molecule has 0 unspecified atom stereocenters. The maximum Gasteiger partial charge on any atom is 0.274 e. The second-order valence-electron chi connectivity index (χ2n) is 5.06. The second kappa shape index (κ2) is 5.96. The van der Waals surface area contributed by atoms with E-state index in [2.05, 4.69) is 5.32 Å². The van der Waals surface area contributed by atoms with Gasteiger partial charge in [0.15, 0.2) is 11.5 Å². The molecule has 0 fully saturated rings. The largest absolute Gasteiger partial charge is 0.485 e. The van der Waals surface area contributed by atoms with Crippen molar-refractivity contribution in [1.29, 1.82) is 0 Å². The van der Waals surface area contributed by atoms with Gasteiger partial charge in [-0.05, 0) is 25.1 Å². The number of anilines is 1. The lowest BCUT2D eigenvalue weighted by Gasteiger charge is -2.25. The predicted octanol–water partition coefficient (Wildman–Crippen LogP) is 2.68. The van der Waals surface area contributed by atoms with Crippen molar-refractivity contribution in [2.45, 2.75) is 13.0 Å². The van der Waals surface area contributed by atoms with Gasteiger partial charge in [0, 0.05) is 6.07 Å². The Morgan fingerprint density at radius 2 is 1.96 bits per heavy atom. The zero-order valence-corrected chi connectivity index (χ0v) is 12.3. The molecule has 2 aromatic carbocycles. The number of fused-ring (bicyclic) bond motifs is 1. The average Bonchev–Trinajstić information content (AvgIpc) is 2.56. The predicted molar refractivity (Wildman–Crippen MR) is 82.8 cm³/mol. The van der Waals surface area contributed by atoms with Crippen molar-refractivity contribution >= 4 is 17.3 Å². The Balaban J connectivity index is 1.76. The maximum absolute atomic E-state index is 12.3. The number of rotatable bonds is 3. The van der Waals surface area contributed by atoms with E-state index in [0.717, 1.165) is 0 Å². The van der Waals surface area contributed by atoms with E-state index >= 15 is 0 Å². The van der Waals surface area contributed by atoms with Gasteiger partial charge in [-0.1, -0.05) is 18.2 Å². The number of hydrogen-bond acceptors (Lipinski definition) is 5. The first kappa shape index (κ1) is 14.8. The SMILES string of the molecule is Cc1c(NC(=O)[C@H]2COc3ccccc3O2)cccc1[N+](=O)[O-]. The Labute approximate surface area is 132 Å². The minimum absolute atomic E-state index is 0.0473. The number of para-hydroxylation sites is 2. The van der Waals surface area contributed by atoms with E-state index in [1.165, 1.54) is 12.1 Å². The molecule has 7 nitrogen and oxygen atoms in total. The van der Waals surface area contributed by atoms with Gasteiger partial charge in [0.2, 0.25) is 6.10 Å². The zero-order valence-electron chi connectivity index (χ0n) is 12.3. The molecule has 0 spiro atoms. The van der Waals surface area contributed by atoms with E-state index in [1.54, 1.807) is 31.2 Å². The number of nitro groups is 1. The van der Waals surface area contributed by atoms with Crippen LogP contribution in [-0.4, -0.2) is 23.5 Å². The normalized spacial score (nSPS) is 15.8. The highest BCUT2D eigenvalue weighted by molar-refractivity contribution is 5.95. The fourth-order valence-corrected chi connectivity index (χ4v) is 2.32. The lowest BCUT2D eigenvalue weighted by atomic mass is 10.1. The molecule has 0 radical (unpaired) electrons. The summed E-state index contributed by atoms with van der Waals surface area (Å²) in [6.07, 6.45) is -0.816. The van der Waals surface area contributed by atoms with Crippen LogP contribution in [-0.2, 0) is 4.79 Å². The molecule has 0 aromatic heterocycles. The molecule has 7 heteroatoms. The van der Waals surface area contributed by atoms with Crippen LogP contribution < -0.4 is 14.8 Å². The third kappa shape index (κ3) is 2.94. The summed E-state index contributed by atoms with van der Waals surface area (Å²) in [5.74, 6) is 0.667. The fourth-order valence-electron chi connectivity index (χ4n) is 2.32. The van der Waals surface area contributed by atoms with E-state index in [1.807, 2.05) is 6.07 Å². The summed E-state index contributed by atoms with van der Waals surface area (Å²) in [6, 6.07) is 11.6. The van der Waals surface area contributed by atoms with Crippen molar-refractivity contribution in [3.8, 4) is 11.5 Å². The van der Waals surface area contributed by atoms with Gasteiger partial charge in [-0.2, -0.15) is 0 Å². The van der Waals surface area contributed by atoms with Crippen LogP contribution in [0, 0.1) is 17.0 Å². The Morgan fingerprint density at radius 3 is 2.70 bits per heavy atom. The summed E-state index contributed by atoms with van der Waals surface area (Å²) in [6.45, 7) is 1.66. The Bertz CT molecular complexity index is 775. The second-order valence-corrected chi connectivity index (χ2v) is 5.06. The Kier molecular flexibility index (Phi) is 3.84. The van der Waals surface area contributed by atoms with Crippen LogP contribution in [0.1, 0.15) is 5.56 Å². The number of nitro benzene ring substituents is 1. The van der Waals surface area contributed by atoms with Crippen LogP contribution in [0.25, 0.3) is 0 Å². The van der Waals surface area contributed by atoms with E-state index in [9.17, 15) is 14.9 Å². The molecular weight excluding hydrogens is 300 g/mol.